The van der Waals surface area contributed by atoms with Crippen molar-refractivity contribution in [2.24, 2.45) is 0 Å². The molecule has 1 aromatic carbocycles. The van der Waals surface area contributed by atoms with Gasteiger partial charge in [0.25, 0.3) is 0 Å². The molecule has 3 aromatic rings. The number of fused-ring (bicyclic) bond motifs is 1. The lowest BCUT2D eigenvalue weighted by molar-refractivity contribution is 0.0730. The van der Waals surface area contributed by atoms with Crippen molar-refractivity contribution in [1.29, 1.82) is 5.26 Å². The topological polar surface area (TPSA) is 145 Å². The maximum absolute atomic E-state index is 13.0. The molecule has 11 nitrogen and oxygen atoms in total. The highest BCUT2D eigenvalue weighted by molar-refractivity contribution is 7.89. The summed E-state index contributed by atoms with van der Waals surface area (Å²) in [6.45, 7) is 1.38. The molecule has 0 unspecified atom stereocenters. The van der Waals surface area contributed by atoms with Gasteiger partial charge in [-0.3, -0.25) is 0 Å². The number of rotatable bonds is 7. The zero-order valence-corrected chi connectivity index (χ0v) is 19.5. The molecule has 178 valence electrons. The third kappa shape index (κ3) is 4.13. The van der Waals surface area contributed by atoms with E-state index in [2.05, 4.69) is 31.7 Å². The van der Waals surface area contributed by atoms with E-state index in [1.807, 2.05) is 0 Å². The Morgan fingerprint density at radius 1 is 1.26 bits per heavy atom. The summed E-state index contributed by atoms with van der Waals surface area (Å²) in [7, 11) is -2.19. The van der Waals surface area contributed by atoms with Crippen molar-refractivity contribution in [3.8, 4) is 11.8 Å². The van der Waals surface area contributed by atoms with Crippen molar-refractivity contribution in [2.75, 3.05) is 44.0 Å². The quantitative estimate of drug-likeness (QED) is 0.461. The van der Waals surface area contributed by atoms with Crippen LogP contribution in [-0.2, 0) is 14.8 Å². The first-order valence-electron chi connectivity index (χ1n) is 11.1. The van der Waals surface area contributed by atoms with E-state index in [-0.39, 0.29) is 4.90 Å². The Balaban J connectivity index is 1.47. The van der Waals surface area contributed by atoms with Crippen LogP contribution in [0.4, 0.5) is 17.5 Å². The number of sulfonamides is 1. The molecular weight excluding hydrogens is 458 g/mol. The molecule has 5 rings (SSSR count). The molecule has 0 radical (unpaired) electrons. The van der Waals surface area contributed by atoms with E-state index >= 15 is 0 Å². The van der Waals surface area contributed by atoms with Crippen LogP contribution in [0.1, 0.15) is 24.8 Å². The first kappa shape index (κ1) is 22.4. The van der Waals surface area contributed by atoms with E-state index in [1.54, 1.807) is 12.3 Å². The highest BCUT2D eigenvalue weighted by Gasteiger charge is 2.27. The molecule has 34 heavy (non-hydrogen) atoms. The fourth-order valence-corrected chi connectivity index (χ4v) is 5.44. The number of morpholine rings is 1. The molecule has 1 aliphatic heterocycles. The monoisotopic (exact) mass is 483 g/mol. The summed E-state index contributed by atoms with van der Waals surface area (Å²) < 4.78 is 38.2. The van der Waals surface area contributed by atoms with Crippen molar-refractivity contribution >= 4 is 38.5 Å². The van der Waals surface area contributed by atoms with Crippen LogP contribution >= 0.6 is 0 Å². The number of methoxy groups -OCH3 is 1. The Kier molecular flexibility index (Phi) is 5.99. The number of H-pyrrole nitrogens is 1. The second kappa shape index (κ2) is 9.09. The molecular formula is C22H25N7O4S. The Morgan fingerprint density at radius 3 is 2.74 bits per heavy atom. The van der Waals surface area contributed by atoms with Crippen molar-refractivity contribution in [2.45, 2.75) is 30.2 Å². The minimum Gasteiger partial charge on any atom is -0.495 e. The fourth-order valence-electron chi connectivity index (χ4n) is 4.02. The molecule has 12 heteroatoms. The van der Waals surface area contributed by atoms with Gasteiger partial charge < -0.3 is 25.1 Å². The molecule has 2 fully saturated rings. The average Bonchev–Trinajstić information content (AvgIpc) is 3.25. The normalized spacial score (nSPS) is 17.2. The SMILES string of the molecule is COc1cc(S(=O)(=O)N2CCOCC2)ccc1Nc1nc(NC2CCC2)c2c(C#N)c[nH]c2n1. The summed E-state index contributed by atoms with van der Waals surface area (Å²) in [5, 5.41) is 16.7. The summed E-state index contributed by atoms with van der Waals surface area (Å²) in [5.74, 6) is 1.22. The van der Waals surface area contributed by atoms with Crippen molar-refractivity contribution < 1.29 is 17.9 Å². The second-order valence-corrected chi connectivity index (χ2v) is 10.1. The summed E-state index contributed by atoms with van der Waals surface area (Å²) >= 11 is 0. The largest absolute Gasteiger partial charge is 0.495 e. The van der Waals surface area contributed by atoms with E-state index < -0.39 is 10.0 Å². The molecule has 3 heterocycles. The molecule has 0 amide bonds. The standard InChI is InChI=1S/C22H25N7O4S/c1-32-18-11-16(34(30,31)29-7-9-33-10-8-29)5-6-17(18)26-22-27-20-19(14(12-23)13-24-20)21(28-22)25-15-3-2-4-15/h5-6,11,13,15H,2-4,7-10H2,1H3,(H3,24,25,26,27,28). The van der Waals surface area contributed by atoms with Crippen LogP contribution < -0.4 is 15.4 Å². The molecule has 0 atom stereocenters. The lowest BCUT2D eigenvalue weighted by Crippen LogP contribution is -2.40. The Labute approximate surface area is 197 Å². The van der Waals surface area contributed by atoms with Gasteiger partial charge in [-0.05, 0) is 31.4 Å². The number of aromatic amines is 1. The zero-order chi connectivity index (χ0) is 23.7. The lowest BCUT2D eigenvalue weighted by atomic mass is 9.93. The number of hydrogen-bond donors (Lipinski definition) is 3. The summed E-state index contributed by atoms with van der Waals surface area (Å²) in [6.07, 6.45) is 4.87. The number of hydrogen-bond acceptors (Lipinski definition) is 9. The van der Waals surface area contributed by atoms with Gasteiger partial charge in [0.2, 0.25) is 16.0 Å². The average molecular weight is 484 g/mol. The minimum absolute atomic E-state index is 0.142. The summed E-state index contributed by atoms with van der Waals surface area (Å²) in [5.41, 5.74) is 1.52. The van der Waals surface area contributed by atoms with Gasteiger partial charge in [-0.1, -0.05) is 0 Å². The Morgan fingerprint density at radius 2 is 2.06 bits per heavy atom. The summed E-state index contributed by atoms with van der Waals surface area (Å²) in [6, 6.07) is 7.14. The predicted molar refractivity (Wildman–Crippen MR) is 126 cm³/mol. The molecule has 0 spiro atoms. The van der Waals surface area contributed by atoms with Crippen molar-refractivity contribution in [3.63, 3.8) is 0 Å². The first-order valence-corrected chi connectivity index (χ1v) is 12.5. The number of anilines is 3. The number of benzene rings is 1. The number of ether oxygens (including phenoxy) is 2. The molecule has 1 aliphatic carbocycles. The zero-order valence-electron chi connectivity index (χ0n) is 18.7. The summed E-state index contributed by atoms with van der Waals surface area (Å²) in [4.78, 5) is 12.3. The number of aromatic nitrogens is 3. The second-order valence-electron chi connectivity index (χ2n) is 8.21. The van der Waals surface area contributed by atoms with Gasteiger partial charge >= 0.3 is 0 Å². The number of nitrogens with zero attached hydrogens (tertiary/aromatic N) is 4. The van der Waals surface area contributed by atoms with E-state index in [4.69, 9.17) is 9.47 Å². The maximum atomic E-state index is 13.0. The minimum atomic E-state index is -3.66. The highest BCUT2D eigenvalue weighted by atomic mass is 32.2. The van der Waals surface area contributed by atoms with Crippen molar-refractivity contribution in [3.05, 3.63) is 30.0 Å². The number of nitrogens with one attached hydrogen (secondary N) is 3. The number of nitriles is 1. The fraction of sp³-hybridized carbons (Fsp3) is 0.409. The van der Waals surface area contributed by atoms with Crippen LogP contribution in [-0.4, -0.2) is 67.1 Å². The van der Waals surface area contributed by atoms with Crippen LogP contribution in [0.3, 0.4) is 0 Å². The van der Waals surface area contributed by atoms with E-state index in [1.165, 1.54) is 23.5 Å². The third-order valence-corrected chi connectivity index (χ3v) is 8.02. The Hall–Kier alpha value is -3.40. The van der Waals surface area contributed by atoms with E-state index in [0.717, 1.165) is 19.3 Å². The maximum Gasteiger partial charge on any atom is 0.243 e. The predicted octanol–water partition coefficient (Wildman–Crippen LogP) is 2.57. The molecule has 1 saturated carbocycles. The van der Waals surface area contributed by atoms with E-state index in [9.17, 15) is 13.7 Å². The van der Waals surface area contributed by atoms with Crippen LogP contribution in [0.25, 0.3) is 11.0 Å². The third-order valence-electron chi connectivity index (χ3n) is 6.13. The van der Waals surface area contributed by atoms with Crippen LogP contribution in [0.15, 0.2) is 29.3 Å². The van der Waals surface area contributed by atoms with Gasteiger partial charge in [0.05, 0.1) is 41.9 Å². The van der Waals surface area contributed by atoms with Crippen LogP contribution in [0, 0.1) is 11.3 Å². The van der Waals surface area contributed by atoms with Gasteiger partial charge in [0.1, 0.15) is 23.3 Å². The van der Waals surface area contributed by atoms with Crippen LogP contribution in [0.5, 0.6) is 5.75 Å². The van der Waals surface area contributed by atoms with Gasteiger partial charge in [-0.25, -0.2) is 8.42 Å². The molecule has 3 N–H and O–H groups in total. The first-order chi connectivity index (χ1) is 16.5. The van der Waals surface area contributed by atoms with Crippen LogP contribution in [0.2, 0.25) is 0 Å². The van der Waals surface area contributed by atoms with Gasteiger partial charge in [0.15, 0.2) is 0 Å². The smallest absolute Gasteiger partial charge is 0.243 e. The van der Waals surface area contributed by atoms with Crippen molar-refractivity contribution in [1.82, 2.24) is 19.3 Å². The highest BCUT2D eigenvalue weighted by Crippen LogP contribution is 2.33. The lowest BCUT2D eigenvalue weighted by Gasteiger charge is -2.27. The Bertz CT molecular complexity index is 1360. The van der Waals surface area contributed by atoms with Gasteiger partial charge in [0, 0.05) is 31.4 Å². The molecule has 2 aliphatic rings. The van der Waals surface area contributed by atoms with Gasteiger partial charge in [-0.15, -0.1) is 0 Å². The molecule has 2 aromatic heterocycles. The molecule has 1 saturated heterocycles. The molecule has 0 bridgehead atoms. The van der Waals surface area contributed by atoms with Gasteiger partial charge in [-0.2, -0.15) is 19.5 Å². The van der Waals surface area contributed by atoms with E-state index in [0.29, 0.717) is 72.1 Å².